The molecule has 0 saturated heterocycles. The monoisotopic (exact) mass is 281 g/mol. The van der Waals surface area contributed by atoms with E-state index in [0.29, 0.717) is 11.6 Å². The van der Waals surface area contributed by atoms with Crippen molar-refractivity contribution in [3.05, 3.63) is 46.9 Å². The molecule has 0 fully saturated rings. The molecule has 19 heavy (non-hydrogen) atoms. The third-order valence-electron chi connectivity index (χ3n) is 2.58. The summed E-state index contributed by atoms with van der Waals surface area (Å²) < 4.78 is 13.7. The third kappa shape index (κ3) is 3.10. The summed E-state index contributed by atoms with van der Waals surface area (Å²) in [6.45, 7) is 0.428. The predicted molar refractivity (Wildman–Crippen MR) is 73.4 cm³/mol. The van der Waals surface area contributed by atoms with Crippen molar-refractivity contribution in [2.24, 2.45) is 5.84 Å². The highest BCUT2D eigenvalue weighted by molar-refractivity contribution is 6.31. The van der Waals surface area contributed by atoms with Crippen molar-refractivity contribution in [3.8, 4) is 0 Å². The van der Waals surface area contributed by atoms with Crippen LogP contribution in [0.3, 0.4) is 0 Å². The lowest BCUT2D eigenvalue weighted by molar-refractivity contribution is 0.607. The van der Waals surface area contributed by atoms with Gasteiger partial charge in [-0.1, -0.05) is 29.8 Å². The highest BCUT2D eigenvalue weighted by Gasteiger charge is 2.12. The molecule has 3 N–H and O–H groups in total. The first kappa shape index (κ1) is 13.5. The number of hydrazine groups is 1. The van der Waals surface area contributed by atoms with Gasteiger partial charge in [0.1, 0.15) is 0 Å². The molecular weight excluding hydrogens is 269 g/mol. The Bertz CT molecular complexity index is 578. The molecule has 100 valence electrons. The zero-order chi connectivity index (χ0) is 13.8. The van der Waals surface area contributed by atoms with Gasteiger partial charge >= 0.3 is 0 Å². The first-order valence-corrected chi connectivity index (χ1v) is 5.93. The van der Waals surface area contributed by atoms with Crippen LogP contribution in [-0.2, 0) is 6.54 Å². The smallest absolute Gasteiger partial charge is 0.239 e. The van der Waals surface area contributed by atoms with Crippen LogP contribution in [0.1, 0.15) is 5.56 Å². The van der Waals surface area contributed by atoms with Gasteiger partial charge in [0.25, 0.3) is 0 Å². The fraction of sp³-hybridized carbons (Fsp3) is 0.167. The van der Waals surface area contributed by atoms with Gasteiger partial charge in [0.05, 0.1) is 6.20 Å². The van der Waals surface area contributed by atoms with Crippen LogP contribution in [0.5, 0.6) is 0 Å². The molecule has 0 bridgehead atoms. The summed E-state index contributed by atoms with van der Waals surface area (Å²) in [5.41, 5.74) is 3.16. The topological polar surface area (TPSA) is 67.1 Å². The Morgan fingerprint density at radius 3 is 2.84 bits per heavy atom. The van der Waals surface area contributed by atoms with Crippen molar-refractivity contribution in [1.29, 1.82) is 0 Å². The Morgan fingerprint density at radius 2 is 2.16 bits per heavy atom. The van der Waals surface area contributed by atoms with Crippen LogP contribution >= 0.6 is 11.6 Å². The van der Waals surface area contributed by atoms with Crippen LogP contribution in [0.2, 0.25) is 5.02 Å². The molecule has 0 aliphatic rings. The number of nitrogens with one attached hydrogen (secondary N) is 1. The lowest BCUT2D eigenvalue weighted by atomic mass is 10.2. The lowest BCUT2D eigenvalue weighted by Gasteiger charge is -2.19. The van der Waals surface area contributed by atoms with E-state index in [2.05, 4.69) is 15.4 Å². The third-order valence-corrected chi connectivity index (χ3v) is 2.95. The van der Waals surface area contributed by atoms with Gasteiger partial charge in [-0.2, -0.15) is 4.98 Å². The summed E-state index contributed by atoms with van der Waals surface area (Å²) in [7, 11) is 1.72. The fourth-order valence-corrected chi connectivity index (χ4v) is 1.85. The van der Waals surface area contributed by atoms with Crippen LogP contribution in [0, 0.1) is 5.82 Å². The Labute approximate surface area is 115 Å². The number of nitrogens with zero attached hydrogens (tertiary/aromatic N) is 3. The van der Waals surface area contributed by atoms with Crippen molar-refractivity contribution in [2.75, 3.05) is 17.4 Å². The van der Waals surface area contributed by atoms with E-state index in [1.807, 2.05) is 18.2 Å². The number of hydrogen-bond donors (Lipinski definition) is 2. The molecule has 5 nitrogen and oxygen atoms in total. The van der Waals surface area contributed by atoms with Gasteiger partial charge in [-0.15, -0.1) is 0 Å². The largest absolute Gasteiger partial charge is 0.353 e. The highest BCUT2D eigenvalue weighted by atomic mass is 35.5. The van der Waals surface area contributed by atoms with Crippen LogP contribution in [0.15, 0.2) is 30.5 Å². The van der Waals surface area contributed by atoms with Crippen LogP contribution < -0.4 is 16.2 Å². The predicted octanol–water partition coefficient (Wildman–Crippen LogP) is 2.19. The zero-order valence-corrected chi connectivity index (χ0v) is 11.0. The molecular formula is C12H13ClFN5. The maximum absolute atomic E-state index is 13.7. The highest BCUT2D eigenvalue weighted by Crippen LogP contribution is 2.21. The van der Waals surface area contributed by atoms with Crippen LogP contribution in [0.25, 0.3) is 0 Å². The van der Waals surface area contributed by atoms with Crippen molar-refractivity contribution < 1.29 is 4.39 Å². The van der Waals surface area contributed by atoms with E-state index in [4.69, 9.17) is 17.4 Å². The van der Waals surface area contributed by atoms with E-state index >= 15 is 0 Å². The van der Waals surface area contributed by atoms with Gasteiger partial charge in [0, 0.05) is 18.6 Å². The van der Waals surface area contributed by atoms with Gasteiger partial charge < -0.3 is 4.90 Å². The molecule has 0 aliphatic carbocycles. The second-order valence-electron chi connectivity index (χ2n) is 3.96. The second-order valence-corrected chi connectivity index (χ2v) is 4.36. The SMILES string of the molecule is CN(Cc1ccccc1Cl)c1nc(NN)ncc1F. The number of aromatic nitrogens is 2. The van der Waals surface area contributed by atoms with Crippen LogP contribution in [-0.4, -0.2) is 17.0 Å². The van der Waals surface area contributed by atoms with Gasteiger partial charge in [0.2, 0.25) is 5.95 Å². The second kappa shape index (κ2) is 5.81. The average Bonchev–Trinajstić information content (AvgIpc) is 2.42. The van der Waals surface area contributed by atoms with Gasteiger partial charge in [-0.25, -0.2) is 15.2 Å². The molecule has 1 heterocycles. The first-order chi connectivity index (χ1) is 9.11. The molecule has 0 saturated carbocycles. The quantitative estimate of drug-likeness (QED) is 0.664. The Balaban J connectivity index is 2.25. The minimum Gasteiger partial charge on any atom is -0.353 e. The Morgan fingerprint density at radius 1 is 1.42 bits per heavy atom. The molecule has 0 unspecified atom stereocenters. The standard InChI is InChI=1S/C12H13ClFN5/c1-19(7-8-4-2-3-5-9(8)13)11-10(14)6-16-12(17-11)18-15/h2-6H,7,15H2,1H3,(H,16,17,18). The van der Waals surface area contributed by atoms with E-state index in [9.17, 15) is 4.39 Å². The van der Waals surface area contributed by atoms with Gasteiger partial charge in [-0.3, -0.25) is 5.43 Å². The Hall–Kier alpha value is -1.92. The number of benzene rings is 1. The van der Waals surface area contributed by atoms with E-state index in [1.54, 1.807) is 18.0 Å². The number of nitrogen functional groups attached to an aromatic ring is 1. The van der Waals surface area contributed by atoms with E-state index in [1.165, 1.54) is 0 Å². The number of halogens is 2. The maximum Gasteiger partial charge on any atom is 0.239 e. The molecule has 0 amide bonds. The molecule has 1 aromatic heterocycles. The molecule has 0 aliphatic heterocycles. The first-order valence-electron chi connectivity index (χ1n) is 5.55. The van der Waals surface area contributed by atoms with Gasteiger partial charge in [0.15, 0.2) is 11.6 Å². The van der Waals surface area contributed by atoms with Crippen molar-refractivity contribution >= 4 is 23.4 Å². The summed E-state index contributed by atoms with van der Waals surface area (Å²) in [6, 6.07) is 7.37. The van der Waals surface area contributed by atoms with E-state index in [-0.39, 0.29) is 11.8 Å². The Kier molecular flexibility index (Phi) is 4.13. The number of anilines is 2. The maximum atomic E-state index is 13.7. The molecule has 0 atom stereocenters. The number of hydrogen-bond acceptors (Lipinski definition) is 5. The molecule has 2 rings (SSSR count). The molecule has 0 spiro atoms. The summed E-state index contributed by atoms with van der Waals surface area (Å²) in [6.07, 6.45) is 1.07. The van der Waals surface area contributed by atoms with Crippen molar-refractivity contribution in [3.63, 3.8) is 0 Å². The number of rotatable bonds is 4. The average molecular weight is 282 g/mol. The van der Waals surface area contributed by atoms with Crippen molar-refractivity contribution in [1.82, 2.24) is 9.97 Å². The normalized spacial score (nSPS) is 10.3. The molecule has 0 radical (unpaired) electrons. The molecule has 2 aromatic rings. The van der Waals surface area contributed by atoms with Crippen LogP contribution in [0.4, 0.5) is 16.2 Å². The summed E-state index contributed by atoms with van der Waals surface area (Å²) in [5, 5.41) is 0.626. The van der Waals surface area contributed by atoms with E-state index in [0.717, 1.165) is 11.8 Å². The minimum atomic E-state index is -0.520. The fourth-order valence-electron chi connectivity index (χ4n) is 1.65. The zero-order valence-electron chi connectivity index (χ0n) is 10.3. The van der Waals surface area contributed by atoms with E-state index < -0.39 is 5.82 Å². The molecule has 1 aromatic carbocycles. The van der Waals surface area contributed by atoms with Gasteiger partial charge in [-0.05, 0) is 11.6 Å². The molecule has 7 heteroatoms. The summed E-state index contributed by atoms with van der Waals surface area (Å²) in [4.78, 5) is 9.30. The summed E-state index contributed by atoms with van der Waals surface area (Å²) >= 11 is 6.07. The summed E-state index contributed by atoms with van der Waals surface area (Å²) in [5.74, 6) is 5.00. The van der Waals surface area contributed by atoms with Crippen molar-refractivity contribution in [2.45, 2.75) is 6.54 Å². The lowest BCUT2D eigenvalue weighted by Crippen LogP contribution is -2.21. The minimum absolute atomic E-state index is 0.155. The number of nitrogens with two attached hydrogens (primary N) is 1.